The van der Waals surface area contributed by atoms with Crippen molar-refractivity contribution in [3.63, 3.8) is 0 Å². The molecule has 2 fully saturated rings. The number of hydrogen-bond donors (Lipinski definition) is 0. The number of thioether (sulfide) groups is 1. The van der Waals surface area contributed by atoms with Crippen LogP contribution in [0.3, 0.4) is 0 Å². The van der Waals surface area contributed by atoms with E-state index in [1.54, 1.807) is 0 Å². The maximum absolute atomic E-state index is 4.85. The molecule has 0 amide bonds. The Labute approximate surface area is 166 Å². The molecule has 0 aliphatic carbocycles. The fraction of sp³-hybridized carbons (Fsp3) is 0.588. The second-order valence-electron chi connectivity index (χ2n) is 7.10. The number of fused-ring (bicyclic) bond motifs is 1. The van der Waals surface area contributed by atoms with E-state index in [0.29, 0.717) is 11.3 Å². The van der Waals surface area contributed by atoms with Crippen molar-refractivity contribution in [2.75, 3.05) is 60.6 Å². The zero-order valence-electron chi connectivity index (χ0n) is 15.9. The quantitative estimate of drug-likeness (QED) is 0.619. The number of piperazine rings is 1. The van der Waals surface area contributed by atoms with Crippen molar-refractivity contribution in [2.45, 2.75) is 6.54 Å². The van der Waals surface area contributed by atoms with Gasteiger partial charge in [-0.25, -0.2) is 19.6 Å². The molecule has 0 aromatic carbocycles. The summed E-state index contributed by atoms with van der Waals surface area (Å²) in [5.74, 6) is 5.10. The Morgan fingerprint density at radius 1 is 0.929 bits per heavy atom. The molecule has 5 rings (SSSR count). The van der Waals surface area contributed by atoms with Crippen LogP contribution >= 0.6 is 11.8 Å². The normalized spacial score (nSPS) is 18.9. The molecule has 10 nitrogen and oxygen atoms in total. The van der Waals surface area contributed by atoms with Crippen LogP contribution in [0.25, 0.3) is 11.3 Å². The molecule has 148 valence electrons. The highest BCUT2D eigenvalue weighted by molar-refractivity contribution is 7.99. The first-order chi connectivity index (χ1) is 13.8. The molecule has 3 aromatic rings. The molecule has 28 heavy (non-hydrogen) atoms. The zero-order valence-corrected chi connectivity index (χ0v) is 16.7. The lowest BCUT2D eigenvalue weighted by Gasteiger charge is -2.37. The highest BCUT2D eigenvalue weighted by Crippen LogP contribution is 2.30. The van der Waals surface area contributed by atoms with Crippen LogP contribution in [0.15, 0.2) is 17.0 Å². The third kappa shape index (κ3) is 3.39. The Bertz CT molecular complexity index is 943. The number of aromatic nitrogens is 6. The van der Waals surface area contributed by atoms with Gasteiger partial charge >= 0.3 is 0 Å². The van der Waals surface area contributed by atoms with E-state index in [2.05, 4.69) is 34.6 Å². The summed E-state index contributed by atoms with van der Waals surface area (Å²) in [6.07, 6.45) is 3.84. The molecule has 5 heterocycles. The number of hydrogen-bond acceptors (Lipinski definition) is 10. The zero-order chi connectivity index (χ0) is 18.9. The minimum absolute atomic E-state index is 0.473. The van der Waals surface area contributed by atoms with E-state index in [-0.39, 0.29) is 0 Å². The first kappa shape index (κ1) is 17.7. The topological polar surface area (TPSA) is 92.2 Å². The van der Waals surface area contributed by atoms with Gasteiger partial charge < -0.3 is 14.4 Å². The minimum atomic E-state index is 0.473. The summed E-state index contributed by atoms with van der Waals surface area (Å²) in [4.78, 5) is 21.0. The summed E-state index contributed by atoms with van der Waals surface area (Å²) < 4.78 is 6.93. The first-order valence-electron chi connectivity index (χ1n) is 9.54. The van der Waals surface area contributed by atoms with Gasteiger partial charge in [-0.3, -0.25) is 4.90 Å². The van der Waals surface area contributed by atoms with E-state index in [4.69, 9.17) is 14.6 Å². The van der Waals surface area contributed by atoms with Gasteiger partial charge in [0.15, 0.2) is 11.6 Å². The molecule has 2 aliphatic heterocycles. The van der Waals surface area contributed by atoms with Gasteiger partial charge in [0.25, 0.3) is 0 Å². The molecule has 11 heteroatoms. The van der Waals surface area contributed by atoms with Crippen molar-refractivity contribution in [3.05, 3.63) is 18.2 Å². The van der Waals surface area contributed by atoms with Gasteiger partial charge in [-0.15, -0.1) is 0 Å². The van der Waals surface area contributed by atoms with Crippen LogP contribution in [-0.4, -0.2) is 85.5 Å². The third-order valence-electron chi connectivity index (χ3n) is 5.35. The van der Waals surface area contributed by atoms with Crippen molar-refractivity contribution in [3.8, 4) is 0 Å². The molecule has 3 aromatic heterocycles. The van der Waals surface area contributed by atoms with Crippen LogP contribution in [-0.2, 0) is 13.6 Å². The molecule has 0 bridgehead atoms. The number of imidazole rings is 1. The fourth-order valence-electron chi connectivity index (χ4n) is 3.69. The van der Waals surface area contributed by atoms with Gasteiger partial charge in [-0.2, -0.15) is 11.8 Å². The van der Waals surface area contributed by atoms with Crippen LogP contribution < -0.4 is 9.80 Å². The summed E-state index contributed by atoms with van der Waals surface area (Å²) in [7, 11) is 2.04. The number of nitrogens with zero attached hydrogens (tertiary/aromatic N) is 9. The van der Waals surface area contributed by atoms with Crippen LogP contribution in [0.1, 0.15) is 5.82 Å². The Morgan fingerprint density at radius 3 is 2.18 bits per heavy atom. The summed E-state index contributed by atoms with van der Waals surface area (Å²) in [6.45, 7) is 6.52. The van der Waals surface area contributed by atoms with Crippen molar-refractivity contribution < 1.29 is 4.63 Å². The maximum atomic E-state index is 4.85. The van der Waals surface area contributed by atoms with E-state index in [9.17, 15) is 0 Å². The standard InChI is InChI=1S/C17H23N9OS/c1-23-3-2-18-13(23)12-24-4-6-25(7-5-24)16-17(26-8-10-28-11-9-26)20-15-14(19-16)21-27-22-15/h2-3H,4-12H2,1H3. The van der Waals surface area contributed by atoms with Crippen molar-refractivity contribution in [1.82, 2.24) is 34.7 Å². The average Bonchev–Trinajstić information content (AvgIpc) is 3.37. The lowest BCUT2D eigenvalue weighted by molar-refractivity contribution is 0.241. The monoisotopic (exact) mass is 401 g/mol. The number of anilines is 2. The van der Waals surface area contributed by atoms with E-state index in [1.807, 2.05) is 31.2 Å². The Hall–Kier alpha value is -2.40. The molecule has 0 spiro atoms. The van der Waals surface area contributed by atoms with Gasteiger partial charge in [0.1, 0.15) is 5.82 Å². The summed E-state index contributed by atoms with van der Waals surface area (Å²) >= 11 is 1.98. The highest BCUT2D eigenvalue weighted by atomic mass is 32.2. The van der Waals surface area contributed by atoms with Crippen LogP contribution in [0, 0.1) is 0 Å². The van der Waals surface area contributed by atoms with Gasteiger partial charge in [0, 0.05) is 70.2 Å². The third-order valence-corrected chi connectivity index (χ3v) is 6.29. The summed E-state index contributed by atoms with van der Waals surface area (Å²) in [6, 6.07) is 0. The Kier molecular flexibility index (Phi) is 4.77. The van der Waals surface area contributed by atoms with Gasteiger partial charge in [-0.1, -0.05) is 0 Å². The summed E-state index contributed by atoms with van der Waals surface area (Å²) in [5, 5.41) is 7.80. The van der Waals surface area contributed by atoms with Gasteiger partial charge in [-0.05, 0) is 10.3 Å². The van der Waals surface area contributed by atoms with Crippen molar-refractivity contribution >= 4 is 34.7 Å². The van der Waals surface area contributed by atoms with Crippen LogP contribution in [0.4, 0.5) is 11.6 Å². The Morgan fingerprint density at radius 2 is 1.57 bits per heavy atom. The molecule has 0 unspecified atom stereocenters. The number of aryl methyl sites for hydroxylation is 1. The van der Waals surface area contributed by atoms with Gasteiger partial charge in [0.2, 0.25) is 11.3 Å². The predicted molar refractivity (Wildman–Crippen MR) is 108 cm³/mol. The lowest BCUT2D eigenvalue weighted by Crippen LogP contribution is -2.47. The SMILES string of the molecule is Cn1ccnc1CN1CCN(c2nc3nonc3nc2N2CCSCC2)CC1. The molecule has 0 atom stereocenters. The van der Waals surface area contributed by atoms with Crippen molar-refractivity contribution in [2.24, 2.45) is 7.05 Å². The lowest BCUT2D eigenvalue weighted by atomic mass is 10.3. The second kappa shape index (κ2) is 7.55. The highest BCUT2D eigenvalue weighted by Gasteiger charge is 2.26. The summed E-state index contributed by atoms with van der Waals surface area (Å²) in [5.41, 5.74) is 0.950. The average molecular weight is 402 g/mol. The van der Waals surface area contributed by atoms with Gasteiger partial charge in [0.05, 0.1) is 6.54 Å². The Balaban J connectivity index is 1.36. The molecule has 0 radical (unpaired) electrons. The minimum Gasteiger partial charge on any atom is -0.352 e. The molecule has 0 N–H and O–H groups in total. The molecular weight excluding hydrogens is 378 g/mol. The fourth-order valence-corrected chi connectivity index (χ4v) is 4.59. The molecule has 2 saturated heterocycles. The smallest absolute Gasteiger partial charge is 0.245 e. The van der Waals surface area contributed by atoms with E-state index in [0.717, 1.165) is 74.8 Å². The largest absolute Gasteiger partial charge is 0.352 e. The number of rotatable bonds is 4. The predicted octanol–water partition coefficient (Wildman–Crippen LogP) is 0.622. The van der Waals surface area contributed by atoms with Crippen LogP contribution in [0.5, 0.6) is 0 Å². The van der Waals surface area contributed by atoms with E-state index in [1.165, 1.54) is 0 Å². The maximum Gasteiger partial charge on any atom is 0.245 e. The second-order valence-corrected chi connectivity index (χ2v) is 8.32. The molecular formula is C17H23N9OS. The van der Waals surface area contributed by atoms with E-state index >= 15 is 0 Å². The first-order valence-corrected chi connectivity index (χ1v) is 10.7. The van der Waals surface area contributed by atoms with E-state index < -0.39 is 0 Å². The van der Waals surface area contributed by atoms with Crippen molar-refractivity contribution in [1.29, 1.82) is 0 Å². The molecule has 2 aliphatic rings. The molecule has 0 saturated carbocycles. The van der Waals surface area contributed by atoms with Crippen LogP contribution in [0.2, 0.25) is 0 Å².